The van der Waals surface area contributed by atoms with E-state index in [1.165, 1.54) is 66.6 Å². The van der Waals surface area contributed by atoms with Crippen molar-refractivity contribution in [1.29, 1.82) is 0 Å². The lowest BCUT2D eigenvalue weighted by molar-refractivity contribution is 0.587. The van der Waals surface area contributed by atoms with Crippen molar-refractivity contribution in [3.63, 3.8) is 0 Å². The second-order valence-corrected chi connectivity index (χ2v) is 19.5. The van der Waals surface area contributed by atoms with Gasteiger partial charge in [0.05, 0.1) is 11.2 Å². The van der Waals surface area contributed by atoms with Crippen molar-refractivity contribution in [1.82, 2.24) is 4.57 Å². The summed E-state index contributed by atoms with van der Waals surface area (Å²) in [4.78, 5) is 2.52. The van der Waals surface area contributed by atoms with Gasteiger partial charge in [-0.2, -0.15) is 0 Å². The highest BCUT2D eigenvalue weighted by molar-refractivity contribution is 7.00. The lowest BCUT2D eigenvalue weighted by Gasteiger charge is -2.41. The fourth-order valence-corrected chi connectivity index (χ4v) is 9.69. The lowest BCUT2D eigenvalue weighted by atomic mass is 9.33. The van der Waals surface area contributed by atoms with Crippen LogP contribution < -0.4 is 21.3 Å². The van der Waals surface area contributed by atoms with Crippen LogP contribution in [-0.4, -0.2) is 11.3 Å². The first-order valence-corrected chi connectivity index (χ1v) is 20.1. The van der Waals surface area contributed by atoms with Crippen LogP contribution in [0.2, 0.25) is 0 Å². The van der Waals surface area contributed by atoms with E-state index in [-0.39, 0.29) is 23.0 Å². The Kier molecular flexibility index (Phi) is 6.48. The van der Waals surface area contributed by atoms with Crippen LogP contribution in [0.5, 0.6) is 0 Å². The average Bonchev–Trinajstić information content (AvgIpc) is 3.81. The first kappa shape index (κ1) is 33.6. The van der Waals surface area contributed by atoms with Crippen LogP contribution in [-0.2, 0) is 16.2 Å². The normalized spacial score (nSPS) is 14.2. The molecular weight excluding hydrogens is 683 g/mol. The Hall–Kier alpha value is -5.68. The van der Waals surface area contributed by atoms with Crippen molar-refractivity contribution in [3.05, 3.63) is 125 Å². The molecule has 5 heterocycles. The summed E-state index contributed by atoms with van der Waals surface area (Å²) in [5.74, 6) is 0. The number of anilines is 3. The predicted octanol–water partition coefficient (Wildman–Crippen LogP) is 12.2. The number of benzene rings is 6. The van der Waals surface area contributed by atoms with Crippen molar-refractivity contribution in [3.8, 4) is 5.69 Å². The van der Waals surface area contributed by atoms with Gasteiger partial charge < -0.3 is 18.3 Å². The summed E-state index contributed by atoms with van der Waals surface area (Å²) in [6.45, 7) is 23.0. The number of hydrogen-bond acceptors (Lipinski definition) is 3. The molecule has 11 rings (SSSR count). The molecule has 3 aromatic heterocycles. The molecular formula is C51H47BN2O2. The molecule has 4 nitrogen and oxygen atoms in total. The lowest BCUT2D eigenvalue weighted by Crippen LogP contribution is -2.60. The molecule has 0 amide bonds. The summed E-state index contributed by atoms with van der Waals surface area (Å²) in [6, 6.07) is 38.9. The molecule has 0 N–H and O–H groups in total. The van der Waals surface area contributed by atoms with Gasteiger partial charge in [0.15, 0.2) is 11.2 Å². The van der Waals surface area contributed by atoms with Gasteiger partial charge >= 0.3 is 0 Å². The van der Waals surface area contributed by atoms with Gasteiger partial charge in [-0.1, -0.05) is 117 Å². The summed E-state index contributed by atoms with van der Waals surface area (Å²) < 4.78 is 16.4. The van der Waals surface area contributed by atoms with Gasteiger partial charge in [0.2, 0.25) is 0 Å². The summed E-state index contributed by atoms with van der Waals surface area (Å²) in [5.41, 5.74) is 19.7. The van der Waals surface area contributed by atoms with Crippen molar-refractivity contribution < 1.29 is 8.83 Å². The van der Waals surface area contributed by atoms with E-state index in [1.807, 2.05) is 0 Å². The summed E-state index contributed by atoms with van der Waals surface area (Å²) in [7, 11) is 0. The van der Waals surface area contributed by atoms with Crippen LogP contribution >= 0.6 is 0 Å². The molecule has 5 heteroatoms. The highest BCUT2D eigenvalue weighted by Gasteiger charge is 2.44. The minimum Gasteiger partial charge on any atom is -0.454 e. The smallest absolute Gasteiger partial charge is 0.252 e. The Morgan fingerprint density at radius 3 is 1.91 bits per heavy atom. The minimum absolute atomic E-state index is 0.0135. The van der Waals surface area contributed by atoms with Crippen LogP contribution in [0.4, 0.5) is 17.1 Å². The molecule has 2 aliphatic rings. The summed E-state index contributed by atoms with van der Waals surface area (Å²) in [6.07, 6.45) is 0. The van der Waals surface area contributed by atoms with Gasteiger partial charge in [0, 0.05) is 38.6 Å². The van der Waals surface area contributed by atoms with Crippen LogP contribution in [0, 0.1) is 6.92 Å². The van der Waals surface area contributed by atoms with Gasteiger partial charge in [0.1, 0.15) is 16.7 Å². The molecule has 0 spiro atoms. The molecule has 0 saturated heterocycles. The van der Waals surface area contributed by atoms with E-state index in [9.17, 15) is 0 Å². The standard InChI is InChI=1S/C51H47BN2O2/c1-28-22-40-44-41(23-28)54-45-35(48-46(54)34-14-11-12-17-42(34)55-48)24-31(51(8,9)10)25-37(45)52(44)36-21-19-29(49(2,3)4)26-39(36)53(40)38-16-13-15-33-32-20-18-30(50(5,6)7)27-43(32)56-47(33)38/h11-27H,1-10H3. The Labute approximate surface area is 328 Å². The molecule has 0 radical (unpaired) electrons. The van der Waals surface area contributed by atoms with Gasteiger partial charge in [-0.25, -0.2) is 0 Å². The van der Waals surface area contributed by atoms with Crippen LogP contribution in [0.15, 0.2) is 112 Å². The van der Waals surface area contributed by atoms with E-state index in [0.29, 0.717) is 0 Å². The number of rotatable bonds is 1. The zero-order chi connectivity index (χ0) is 38.8. The monoisotopic (exact) mass is 730 g/mol. The second kappa shape index (κ2) is 10.8. The molecule has 0 unspecified atom stereocenters. The van der Waals surface area contributed by atoms with E-state index in [2.05, 4.69) is 182 Å². The number of nitrogens with zero attached hydrogens (tertiary/aromatic N) is 2. The maximum absolute atomic E-state index is 7.01. The number of aromatic nitrogens is 1. The highest BCUT2D eigenvalue weighted by atomic mass is 16.3. The molecule has 6 aromatic carbocycles. The number of fused-ring (bicyclic) bond motifs is 12. The molecule has 276 valence electrons. The van der Waals surface area contributed by atoms with Gasteiger partial charge in [-0.3, -0.25) is 0 Å². The zero-order valence-electron chi connectivity index (χ0n) is 34.1. The molecule has 0 fully saturated rings. The van der Waals surface area contributed by atoms with Crippen molar-refractivity contribution >= 4 is 95.1 Å². The predicted molar refractivity (Wildman–Crippen MR) is 238 cm³/mol. The molecule has 0 aliphatic carbocycles. The third-order valence-electron chi connectivity index (χ3n) is 12.7. The number of aryl methyl sites for hydroxylation is 1. The fourth-order valence-electron chi connectivity index (χ4n) is 9.69. The Morgan fingerprint density at radius 2 is 1.14 bits per heavy atom. The molecule has 0 atom stereocenters. The SMILES string of the molecule is Cc1cc2c3c(c1)-n1c4c(cc(C(C)(C)C)cc4c4oc5ccccc5c41)B3c1ccc(C(C)(C)C)cc1N2c1cccc2c1oc1cc(C(C)(C)C)ccc12. The highest BCUT2D eigenvalue weighted by Crippen LogP contribution is 2.48. The summed E-state index contributed by atoms with van der Waals surface area (Å²) in [5, 5.41) is 4.60. The molecule has 0 saturated carbocycles. The largest absolute Gasteiger partial charge is 0.454 e. The van der Waals surface area contributed by atoms with Gasteiger partial charge in [0.25, 0.3) is 6.71 Å². The van der Waals surface area contributed by atoms with Gasteiger partial charge in [-0.05, 0) is 110 Å². The Bertz CT molecular complexity index is 3170. The van der Waals surface area contributed by atoms with Gasteiger partial charge in [-0.15, -0.1) is 0 Å². The Morgan fingerprint density at radius 1 is 0.464 bits per heavy atom. The van der Waals surface area contributed by atoms with Crippen molar-refractivity contribution in [2.45, 2.75) is 85.5 Å². The number of para-hydroxylation sites is 2. The molecule has 56 heavy (non-hydrogen) atoms. The van der Waals surface area contributed by atoms with Crippen LogP contribution in [0.1, 0.15) is 84.6 Å². The number of hydrogen-bond donors (Lipinski definition) is 0. The third-order valence-corrected chi connectivity index (χ3v) is 12.7. The molecule has 9 aromatic rings. The number of furan rings is 2. The third kappa shape index (κ3) is 4.49. The zero-order valence-corrected chi connectivity index (χ0v) is 34.1. The fraction of sp³-hybridized carbons (Fsp3) is 0.255. The van der Waals surface area contributed by atoms with E-state index in [4.69, 9.17) is 8.83 Å². The molecule has 0 bridgehead atoms. The quantitative estimate of drug-likeness (QED) is 0.158. The van der Waals surface area contributed by atoms with E-state index >= 15 is 0 Å². The topological polar surface area (TPSA) is 34.5 Å². The maximum atomic E-state index is 7.01. The second-order valence-electron chi connectivity index (χ2n) is 19.5. The van der Waals surface area contributed by atoms with Crippen molar-refractivity contribution in [2.75, 3.05) is 4.90 Å². The maximum Gasteiger partial charge on any atom is 0.252 e. The van der Waals surface area contributed by atoms with E-state index < -0.39 is 0 Å². The van der Waals surface area contributed by atoms with Crippen LogP contribution in [0.3, 0.4) is 0 Å². The molecule has 2 aliphatic heterocycles. The van der Waals surface area contributed by atoms with Crippen molar-refractivity contribution in [2.24, 2.45) is 0 Å². The minimum atomic E-state index is -0.0646. The Balaban J connectivity index is 1.30. The van der Waals surface area contributed by atoms with Crippen LogP contribution in [0.25, 0.3) is 60.6 Å². The first-order valence-electron chi connectivity index (χ1n) is 20.1. The van der Waals surface area contributed by atoms with E-state index in [1.54, 1.807) is 0 Å². The average molecular weight is 731 g/mol. The van der Waals surface area contributed by atoms with E-state index in [0.717, 1.165) is 49.7 Å². The summed E-state index contributed by atoms with van der Waals surface area (Å²) >= 11 is 0. The first-order chi connectivity index (χ1) is 26.6.